The fourth-order valence-electron chi connectivity index (χ4n) is 3.88. The lowest BCUT2D eigenvalue weighted by Crippen LogP contribution is -2.19. The lowest BCUT2D eigenvalue weighted by molar-refractivity contribution is 0.102. The fraction of sp³-hybridized carbons (Fsp3) is 0.240. The third-order valence-corrected chi connectivity index (χ3v) is 7.14. The molecule has 0 spiro atoms. The monoisotopic (exact) mass is 483 g/mol. The summed E-state index contributed by atoms with van der Waals surface area (Å²) in [6, 6.07) is 15.3. The normalized spacial score (nSPS) is 13.6. The minimum atomic E-state index is -3.94. The number of sulfonamides is 1. The van der Waals surface area contributed by atoms with Crippen molar-refractivity contribution in [2.24, 2.45) is 0 Å². The Morgan fingerprint density at radius 1 is 0.971 bits per heavy atom. The summed E-state index contributed by atoms with van der Waals surface area (Å²) in [5.41, 5.74) is 1.96. The first-order valence-electron chi connectivity index (χ1n) is 10.9. The molecule has 0 unspecified atom stereocenters. The Balaban J connectivity index is 1.53. The van der Waals surface area contributed by atoms with Crippen molar-refractivity contribution >= 4 is 33.0 Å². The van der Waals surface area contributed by atoms with Crippen LogP contribution in [0.4, 0.5) is 21.5 Å². The molecule has 0 radical (unpaired) electrons. The highest BCUT2D eigenvalue weighted by Gasteiger charge is 2.20. The summed E-state index contributed by atoms with van der Waals surface area (Å²) in [5, 5.41) is 2.67. The Bertz CT molecular complexity index is 1300. The maximum atomic E-state index is 14.6. The van der Waals surface area contributed by atoms with E-state index in [0.717, 1.165) is 25.9 Å². The van der Waals surface area contributed by atoms with E-state index in [1.165, 1.54) is 25.3 Å². The van der Waals surface area contributed by atoms with E-state index >= 15 is 0 Å². The van der Waals surface area contributed by atoms with E-state index in [4.69, 9.17) is 4.74 Å². The number of ether oxygens (including phenoxy) is 1. The molecule has 0 bridgehead atoms. The fourth-order valence-corrected chi connectivity index (χ4v) is 4.97. The van der Waals surface area contributed by atoms with Crippen LogP contribution in [0.25, 0.3) is 0 Å². The van der Waals surface area contributed by atoms with Gasteiger partial charge in [0.15, 0.2) is 0 Å². The van der Waals surface area contributed by atoms with E-state index in [9.17, 15) is 17.6 Å². The number of carbonyl (C=O) groups is 1. The molecule has 1 aliphatic heterocycles. The molecular formula is C25H26FN3O4S. The van der Waals surface area contributed by atoms with Gasteiger partial charge in [0.25, 0.3) is 15.9 Å². The third-order valence-electron chi connectivity index (χ3n) is 5.76. The number of nitrogens with zero attached hydrogens (tertiary/aromatic N) is 1. The van der Waals surface area contributed by atoms with Crippen LogP contribution in [-0.4, -0.2) is 34.5 Å². The Morgan fingerprint density at radius 3 is 2.29 bits per heavy atom. The van der Waals surface area contributed by atoms with E-state index in [1.54, 1.807) is 49.4 Å². The quantitative estimate of drug-likeness (QED) is 0.504. The van der Waals surface area contributed by atoms with Gasteiger partial charge in [-0.05, 0) is 79.9 Å². The van der Waals surface area contributed by atoms with E-state index in [0.29, 0.717) is 28.4 Å². The van der Waals surface area contributed by atoms with Crippen molar-refractivity contribution in [1.29, 1.82) is 0 Å². The molecule has 7 nitrogen and oxygen atoms in total. The van der Waals surface area contributed by atoms with Crippen molar-refractivity contribution in [1.82, 2.24) is 0 Å². The molecule has 2 N–H and O–H groups in total. The highest BCUT2D eigenvalue weighted by molar-refractivity contribution is 7.92. The van der Waals surface area contributed by atoms with Gasteiger partial charge in [-0.25, -0.2) is 12.8 Å². The molecule has 0 aromatic heterocycles. The van der Waals surface area contributed by atoms with Crippen LogP contribution in [0.1, 0.15) is 28.8 Å². The second-order valence-corrected chi connectivity index (χ2v) is 9.81. The number of nitrogens with one attached hydrogen (secondary N) is 2. The van der Waals surface area contributed by atoms with Crippen molar-refractivity contribution < 1.29 is 22.3 Å². The number of methoxy groups -OCH3 is 1. The average molecular weight is 484 g/mol. The summed E-state index contributed by atoms with van der Waals surface area (Å²) in [7, 11) is -2.41. The summed E-state index contributed by atoms with van der Waals surface area (Å²) in [6.07, 6.45) is 2.06. The van der Waals surface area contributed by atoms with Crippen LogP contribution in [-0.2, 0) is 10.0 Å². The second-order valence-electron chi connectivity index (χ2n) is 8.13. The molecule has 0 saturated carbocycles. The zero-order chi connectivity index (χ0) is 24.3. The highest BCUT2D eigenvalue weighted by atomic mass is 32.2. The molecule has 1 fully saturated rings. The van der Waals surface area contributed by atoms with Gasteiger partial charge in [-0.15, -0.1) is 0 Å². The third kappa shape index (κ3) is 5.14. The minimum absolute atomic E-state index is 0.0605. The zero-order valence-corrected chi connectivity index (χ0v) is 19.8. The van der Waals surface area contributed by atoms with Crippen LogP contribution in [0.5, 0.6) is 5.75 Å². The Hall–Kier alpha value is -3.59. The molecule has 34 heavy (non-hydrogen) atoms. The average Bonchev–Trinajstić information content (AvgIpc) is 3.34. The van der Waals surface area contributed by atoms with Gasteiger partial charge in [-0.2, -0.15) is 0 Å². The molecule has 178 valence electrons. The summed E-state index contributed by atoms with van der Waals surface area (Å²) in [4.78, 5) is 14.8. The standard InChI is InChI=1S/C25H26FN3O4S/c1-17-5-11-21(34(31,32)28-18-6-9-20(33-2)10-7-18)16-22(17)25(30)27-19-8-12-24(23(26)15-19)29-13-3-4-14-29/h5-12,15-16,28H,3-4,13-14H2,1-2H3,(H,27,30). The Morgan fingerprint density at radius 2 is 1.65 bits per heavy atom. The summed E-state index contributed by atoms with van der Waals surface area (Å²) in [6.45, 7) is 3.33. The number of aryl methyl sites for hydroxylation is 1. The number of carbonyl (C=O) groups excluding carboxylic acids is 1. The molecule has 0 aliphatic carbocycles. The number of halogens is 1. The molecule has 0 atom stereocenters. The van der Waals surface area contributed by atoms with Crippen LogP contribution in [0.3, 0.4) is 0 Å². The maximum absolute atomic E-state index is 14.6. The summed E-state index contributed by atoms with van der Waals surface area (Å²) >= 11 is 0. The number of anilines is 3. The van der Waals surface area contributed by atoms with Gasteiger partial charge in [-0.3, -0.25) is 9.52 Å². The van der Waals surface area contributed by atoms with E-state index in [2.05, 4.69) is 10.0 Å². The summed E-state index contributed by atoms with van der Waals surface area (Å²) in [5.74, 6) is -0.328. The molecular weight excluding hydrogens is 457 g/mol. The largest absolute Gasteiger partial charge is 0.497 e. The maximum Gasteiger partial charge on any atom is 0.261 e. The highest BCUT2D eigenvalue weighted by Crippen LogP contribution is 2.27. The summed E-state index contributed by atoms with van der Waals surface area (Å²) < 4.78 is 48.0. The lowest BCUT2D eigenvalue weighted by atomic mass is 10.1. The van der Waals surface area contributed by atoms with Crippen LogP contribution < -0.4 is 19.7 Å². The van der Waals surface area contributed by atoms with E-state index in [-0.39, 0.29) is 10.5 Å². The second kappa shape index (κ2) is 9.72. The minimum Gasteiger partial charge on any atom is -0.497 e. The van der Waals surface area contributed by atoms with E-state index in [1.807, 2.05) is 4.90 Å². The van der Waals surface area contributed by atoms with Gasteiger partial charge in [0, 0.05) is 30.0 Å². The molecule has 4 rings (SSSR count). The number of benzene rings is 3. The number of rotatable bonds is 7. The van der Waals surface area contributed by atoms with Crippen molar-refractivity contribution in [3.05, 3.63) is 77.6 Å². The Labute approximate surface area is 198 Å². The van der Waals surface area contributed by atoms with Gasteiger partial charge in [0.05, 0.1) is 17.7 Å². The molecule has 3 aromatic rings. The molecule has 9 heteroatoms. The van der Waals surface area contributed by atoms with Gasteiger partial charge in [-0.1, -0.05) is 6.07 Å². The van der Waals surface area contributed by atoms with Crippen LogP contribution in [0.2, 0.25) is 0 Å². The molecule has 1 saturated heterocycles. The predicted molar refractivity (Wildman–Crippen MR) is 131 cm³/mol. The molecule has 1 amide bonds. The van der Waals surface area contributed by atoms with E-state index < -0.39 is 21.7 Å². The topological polar surface area (TPSA) is 87.7 Å². The van der Waals surface area contributed by atoms with Crippen molar-refractivity contribution in [2.45, 2.75) is 24.7 Å². The van der Waals surface area contributed by atoms with Gasteiger partial charge >= 0.3 is 0 Å². The van der Waals surface area contributed by atoms with Crippen LogP contribution >= 0.6 is 0 Å². The van der Waals surface area contributed by atoms with Crippen LogP contribution in [0, 0.1) is 12.7 Å². The van der Waals surface area contributed by atoms with Gasteiger partial charge in [0.1, 0.15) is 11.6 Å². The van der Waals surface area contributed by atoms with Gasteiger partial charge in [0.2, 0.25) is 0 Å². The molecule has 1 heterocycles. The van der Waals surface area contributed by atoms with Crippen molar-refractivity contribution in [3.8, 4) is 5.75 Å². The zero-order valence-electron chi connectivity index (χ0n) is 19.0. The number of hydrogen-bond donors (Lipinski definition) is 2. The van der Waals surface area contributed by atoms with Crippen LogP contribution in [0.15, 0.2) is 65.6 Å². The number of hydrogen-bond acceptors (Lipinski definition) is 5. The molecule has 3 aromatic carbocycles. The first kappa shape index (κ1) is 23.6. The first-order valence-corrected chi connectivity index (χ1v) is 12.4. The first-order chi connectivity index (χ1) is 16.3. The van der Waals surface area contributed by atoms with Crippen molar-refractivity contribution in [2.75, 3.05) is 35.1 Å². The molecule has 1 aliphatic rings. The number of amides is 1. The Kier molecular flexibility index (Phi) is 6.74. The smallest absolute Gasteiger partial charge is 0.261 e. The predicted octanol–water partition coefficient (Wildman–Crippen LogP) is 4.80. The van der Waals surface area contributed by atoms with Crippen molar-refractivity contribution in [3.63, 3.8) is 0 Å². The van der Waals surface area contributed by atoms with Gasteiger partial charge < -0.3 is 15.0 Å². The SMILES string of the molecule is COc1ccc(NS(=O)(=O)c2ccc(C)c(C(=O)Nc3ccc(N4CCCC4)c(F)c3)c2)cc1. The lowest BCUT2D eigenvalue weighted by Gasteiger charge is -2.19.